The zero-order valence-electron chi connectivity index (χ0n) is 20.0. The summed E-state index contributed by atoms with van der Waals surface area (Å²) < 4.78 is 1.07. The summed E-state index contributed by atoms with van der Waals surface area (Å²) in [5.74, 6) is 0.364. The fourth-order valence-electron chi connectivity index (χ4n) is 4.64. The molecule has 0 amide bonds. The number of para-hydroxylation sites is 1. The molecule has 0 aliphatic rings. The number of aromatic nitrogens is 2. The van der Waals surface area contributed by atoms with E-state index in [-0.39, 0.29) is 32.7 Å². The Hall–Kier alpha value is -3.59. The topological polar surface area (TPSA) is 46.0 Å². The van der Waals surface area contributed by atoms with Crippen molar-refractivity contribution in [1.82, 2.24) is 9.97 Å². The number of fused-ring (bicyclic) bond motifs is 1. The summed E-state index contributed by atoms with van der Waals surface area (Å²) in [6, 6.07) is 37.9. The van der Waals surface area contributed by atoms with E-state index in [4.69, 9.17) is 4.98 Å². The Morgan fingerprint density at radius 2 is 1.54 bits per heavy atom. The average molecular weight is 679 g/mol. The summed E-state index contributed by atoms with van der Waals surface area (Å²) >= 11 is 1.60. The number of thiazole rings is 1. The van der Waals surface area contributed by atoms with E-state index in [1.54, 1.807) is 23.6 Å². The van der Waals surface area contributed by atoms with E-state index >= 15 is 0 Å². The average Bonchev–Trinajstić information content (AvgIpc) is 3.37. The maximum absolute atomic E-state index is 11.0. The van der Waals surface area contributed by atoms with Crippen molar-refractivity contribution in [3.8, 4) is 38.7 Å². The van der Waals surface area contributed by atoms with Crippen LogP contribution in [0.5, 0.6) is 5.75 Å². The molecule has 0 fully saturated rings. The molecule has 5 heteroatoms. The Labute approximate surface area is 234 Å². The van der Waals surface area contributed by atoms with Crippen molar-refractivity contribution in [2.45, 2.75) is 12.8 Å². The second-order valence-corrected chi connectivity index (χ2v) is 9.77. The minimum Gasteiger partial charge on any atom is -0.507 e. The number of aromatic hydroxyl groups is 1. The monoisotopic (exact) mass is 678 g/mol. The fourth-order valence-corrected chi connectivity index (χ4v) is 5.71. The van der Waals surface area contributed by atoms with Crippen LogP contribution in [0, 0.1) is 6.07 Å². The van der Waals surface area contributed by atoms with Crippen LogP contribution in [0.3, 0.4) is 0 Å². The van der Waals surface area contributed by atoms with Gasteiger partial charge in [-0.2, -0.15) is 0 Å². The van der Waals surface area contributed by atoms with Crippen LogP contribution >= 0.6 is 11.3 Å². The van der Waals surface area contributed by atoms with Gasteiger partial charge in [0.2, 0.25) is 0 Å². The SMILES string of the molecule is CC(c1ccccc1)c1cccc(O)c1-c1nc2c(-c3[c-]c(-c4ccccn4)ccc3)cccc2s1.[Pt]. The number of hydrogen-bond acceptors (Lipinski definition) is 4. The zero-order chi connectivity index (χ0) is 24.5. The molecule has 184 valence electrons. The molecule has 1 atom stereocenters. The Morgan fingerprint density at radius 3 is 2.35 bits per heavy atom. The molecule has 2 heterocycles. The minimum absolute atomic E-state index is 0. The minimum atomic E-state index is 0. The third-order valence-corrected chi connectivity index (χ3v) is 7.54. The van der Waals surface area contributed by atoms with E-state index in [9.17, 15) is 5.11 Å². The summed E-state index contributed by atoms with van der Waals surface area (Å²) in [5.41, 5.74) is 7.79. The molecule has 0 spiro atoms. The number of benzene rings is 4. The number of rotatable bonds is 5. The van der Waals surface area contributed by atoms with E-state index in [0.717, 1.165) is 48.7 Å². The molecule has 1 N–H and O–H groups in total. The Kier molecular flexibility index (Phi) is 7.32. The van der Waals surface area contributed by atoms with Crippen molar-refractivity contribution in [2.24, 2.45) is 0 Å². The van der Waals surface area contributed by atoms with E-state index in [1.165, 1.54) is 5.56 Å². The van der Waals surface area contributed by atoms with Gasteiger partial charge < -0.3 is 5.11 Å². The summed E-state index contributed by atoms with van der Waals surface area (Å²) in [6.45, 7) is 2.17. The van der Waals surface area contributed by atoms with Crippen LogP contribution in [0.1, 0.15) is 24.0 Å². The van der Waals surface area contributed by atoms with Crippen LogP contribution in [0.2, 0.25) is 0 Å². The van der Waals surface area contributed by atoms with Crippen LogP contribution in [-0.4, -0.2) is 15.1 Å². The molecule has 37 heavy (non-hydrogen) atoms. The van der Waals surface area contributed by atoms with Gasteiger partial charge in [0.05, 0.1) is 11.1 Å². The molecule has 0 saturated heterocycles. The maximum atomic E-state index is 11.0. The second kappa shape index (κ2) is 10.8. The second-order valence-electron chi connectivity index (χ2n) is 8.74. The van der Waals surface area contributed by atoms with Crippen molar-refractivity contribution in [3.05, 3.63) is 127 Å². The van der Waals surface area contributed by atoms with Crippen LogP contribution in [-0.2, 0) is 21.1 Å². The molecular formula is C32H23N2OPtS-. The zero-order valence-corrected chi connectivity index (χ0v) is 23.1. The van der Waals surface area contributed by atoms with Crippen molar-refractivity contribution < 1.29 is 26.2 Å². The molecule has 2 aromatic heterocycles. The molecule has 0 bridgehead atoms. The summed E-state index contributed by atoms with van der Waals surface area (Å²) in [4.78, 5) is 9.56. The smallest absolute Gasteiger partial charge is 0.127 e. The normalized spacial score (nSPS) is 11.7. The first kappa shape index (κ1) is 25.1. The van der Waals surface area contributed by atoms with Gasteiger partial charge in [0.15, 0.2) is 0 Å². The number of hydrogen-bond donors (Lipinski definition) is 1. The molecular weight excluding hydrogens is 656 g/mol. The molecule has 0 aliphatic carbocycles. The van der Waals surface area contributed by atoms with E-state index in [2.05, 4.69) is 60.4 Å². The van der Waals surface area contributed by atoms with Gasteiger partial charge in [0.1, 0.15) is 10.8 Å². The standard InChI is InChI=1S/C32H23N2OS.Pt/c1-21(22-10-3-2-4-11-22)25-14-8-17-28(35)30(25)32-34-31-26(15-9-18-29(31)36-32)23-12-7-13-24(20-23)27-16-5-6-19-33-27;/h2-19,21,35H,1H3;/q-1;. The van der Waals surface area contributed by atoms with Crippen LogP contribution in [0.15, 0.2) is 109 Å². The first-order valence-electron chi connectivity index (χ1n) is 11.9. The van der Waals surface area contributed by atoms with Crippen LogP contribution in [0.25, 0.3) is 43.2 Å². The third kappa shape index (κ3) is 4.87. The van der Waals surface area contributed by atoms with Gasteiger partial charge >= 0.3 is 0 Å². The predicted molar refractivity (Wildman–Crippen MR) is 148 cm³/mol. The molecule has 3 nitrogen and oxygen atoms in total. The van der Waals surface area contributed by atoms with Gasteiger partial charge in [0.25, 0.3) is 0 Å². The Bertz CT molecular complexity index is 1670. The first-order chi connectivity index (χ1) is 17.7. The van der Waals surface area contributed by atoms with Crippen LogP contribution < -0.4 is 0 Å². The quantitative estimate of drug-likeness (QED) is 0.187. The van der Waals surface area contributed by atoms with Gasteiger partial charge in [-0.25, -0.2) is 4.98 Å². The van der Waals surface area contributed by atoms with Crippen molar-refractivity contribution in [2.75, 3.05) is 0 Å². The van der Waals surface area contributed by atoms with Gasteiger partial charge in [-0.05, 0) is 29.3 Å². The van der Waals surface area contributed by atoms with E-state index in [1.807, 2.05) is 54.6 Å². The van der Waals surface area contributed by atoms with Crippen LogP contribution in [0.4, 0.5) is 0 Å². The van der Waals surface area contributed by atoms with Gasteiger partial charge in [0, 0.05) is 43.6 Å². The number of pyridine rings is 1. The summed E-state index contributed by atoms with van der Waals surface area (Å²) in [5, 5.41) is 11.8. The molecule has 0 aliphatic heterocycles. The molecule has 1 unspecified atom stereocenters. The largest absolute Gasteiger partial charge is 0.507 e. The van der Waals surface area contributed by atoms with Crippen molar-refractivity contribution in [3.63, 3.8) is 0 Å². The molecule has 6 aromatic rings. The maximum Gasteiger partial charge on any atom is 0.127 e. The number of phenols is 1. The first-order valence-corrected chi connectivity index (χ1v) is 12.7. The molecule has 6 rings (SSSR count). The number of nitrogens with zero attached hydrogens (tertiary/aromatic N) is 2. The molecule has 0 saturated carbocycles. The summed E-state index contributed by atoms with van der Waals surface area (Å²) in [7, 11) is 0. The predicted octanol–water partition coefficient (Wildman–Crippen LogP) is 8.35. The van der Waals surface area contributed by atoms with Gasteiger partial charge in [-0.1, -0.05) is 84.8 Å². The van der Waals surface area contributed by atoms with Crippen molar-refractivity contribution >= 4 is 21.6 Å². The number of phenolic OH excluding ortho intramolecular Hbond substituents is 1. The van der Waals surface area contributed by atoms with E-state index < -0.39 is 0 Å². The third-order valence-electron chi connectivity index (χ3n) is 6.50. The van der Waals surface area contributed by atoms with E-state index in [0.29, 0.717) is 0 Å². The fraction of sp³-hybridized carbons (Fsp3) is 0.0625. The van der Waals surface area contributed by atoms with Gasteiger partial charge in [-0.15, -0.1) is 41.2 Å². The Balaban J connectivity index is 0.00000280. The van der Waals surface area contributed by atoms with Gasteiger partial charge in [-0.3, -0.25) is 4.98 Å². The summed E-state index contributed by atoms with van der Waals surface area (Å²) in [6.07, 6.45) is 1.80. The molecule has 4 aromatic carbocycles. The van der Waals surface area contributed by atoms with Crippen molar-refractivity contribution in [1.29, 1.82) is 0 Å². The Morgan fingerprint density at radius 1 is 0.784 bits per heavy atom. The molecule has 0 radical (unpaired) electrons.